The Bertz CT molecular complexity index is 492. The quantitative estimate of drug-likeness (QED) is 0.886. The van der Waals surface area contributed by atoms with Gasteiger partial charge in [-0.1, -0.05) is 15.9 Å². The van der Waals surface area contributed by atoms with Gasteiger partial charge < -0.3 is 15.2 Å². The molecule has 0 saturated carbocycles. The maximum Gasteiger partial charge on any atom is 0.251 e. The fraction of sp³-hybridized carbons (Fsp3) is 0.500. The van der Waals surface area contributed by atoms with Crippen molar-refractivity contribution in [1.82, 2.24) is 5.32 Å². The molecule has 1 aliphatic rings. The Labute approximate surface area is 121 Å². The monoisotopic (exact) mass is 327 g/mol. The Morgan fingerprint density at radius 3 is 2.63 bits per heavy atom. The largest absolute Gasteiger partial charge is 0.396 e. The molecule has 19 heavy (non-hydrogen) atoms. The molecular formula is C14H18BrNO3. The molecule has 1 aliphatic heterocycles. The third-order valence-electron chi connectivity index (χ3n) is 3.53. The molecule has 4 nitrogen and oxygen atoms in total. The number of hydrogen-bond donors (Lipinski definition) is 2. The zero-order chi connectivity index (χ0) is 14.0. The van der Waals surface area contributed by atoms with E-state index in [2.05, 4.69) is 21.2 Å². The number of aliphatic hydroxyl groups excluding tert-OH is 1. The normalized spacial score (nSPS) is 16.8. The van der Waals surface area contributed by atoms with Gasteiger partial charge in [-0.15, -0.1) is 0 Å². The molecule has 1 amide bonds. The molecule has 0 radical (unpaired) electrons. The molecule has 0 bridgehead atoms. The zero-order valence-corrected chi connectivity index (χ0v) is 12.7. The van der Waals surface area contributed by atoms with Crippen molar-refractivity contribution in [2.75, 3.05) is 26.4 Å². The third-order valence-corrected chi connectivity index (χ3v) is 4.38. The fourth-order valence-corrected chi connectivity index (χ4v) is 2.49. The highest BCUT2D eigenvalue weighted by Gasteiger charge is 2.38. The molecule has 1 aromatic carbocycles. The van der Waals surface area contributed by atoms with Gasteiger partial charge in [0.1, 0.15) is 0 Å². The molecule has 0 aromatic heterocycles. The summed E-state index contributed by atoms with van der Waals surface area (Å²) < 4.78 is 6.11. The minimum absolute atomic E-state index is 0.0334. The number of amides is 1. The van der Waals surface area contributed by atoms with Crippen molar-refractivity contribution in [2.24, 2.45) is 5.41 Å². The van der Waals surface area contributed by atoms with Crippen LogP contribution in [0.2, 0.25) is 0 Å². The van der Waals surface area contributed by atoms with Gasteiger partial charge in [-0.25, -0.2) is 0 Å². The number of aliphatic hydroxyl groups is 1. The average molecular weight is 328 g/mol. The predicted molar refractivity (Wildman–Crippen MR) is 76.3 cm³/mol. The minimum Gasteiger partial charge on any atom is -0.396 e. The molecule has 1 fully saturated rings. The van der Waals surface area contributed by atoms with Crippen molar-refractivity contribution in [3.05, 3.63) is 33.3 Å². The summed E-state index contributed by atoms with van der Waals surface area (Å²) in [5.74, 6) is -0.104. The van der Waals surface area contributed by atoms with Gasteiger partial charge in [-0.05, 0) is 37.1 Å². The van der Waals surface area contributed by atoms with Crippen LogP contribution in [0.4, 0.5) is 0 Å². The van der Waals surface area contributed by atoms with Crippen molar-refractivity contribution in [2.45, 2.75) is 13.8 Å². The fourth-order valence-electron chi connectivity index (χ4n) is 2.03. The van der Waals surface area contributed by atoms with Crippen molar-refractivity contribution in [3.8, 4) is 0 Å². The van der Waals surface area contributed by atoms with Crippen LogP contribution in [-0.2, 0) is 4.74 Å². The molecule has 2 rings (SSSR count). The van der Waals surface area contributed by atoms with Gasteiger partial charge in [0.05, 0.1) is 25.2 Å². The highest BCUT2D eigenvalue weighted by Crippen LogP contribution is 2.26. The lowest BCUT2D eigenvalue weighted by atomic mass is 9.87. The Morgan fingerprint density at radius 1 is 1.42 bits per heavy atom. The number of aryl methyl sites for hydroxylation is 2. The van der Waals surface area contributed by atoms with Crippen molar-refractivity contribution < 1.29 is 14.6 Å². The van der Waals surface area contributed by atoms with Crippen LogP contribution < -0.4 is 5.32 Å². The molecule has 1 heterocycles. The summed E-state index contributed by atoms with van der Waals surface area (Å²) in [6.45, 7) is 5.34. The number of benzene rings is 1. The van der Waals surface area contributed by atoms with Gasteiger partial charge in [-0.3, -0.25) is 4.79 Å². The van der Waals surface area contributed by atoms with E-state index in [-0.39, 0.29) is 17.9 Å². The summed E-state index contributed by atoms with van der Waals surface area (Å²) in [7, 11) is 0. The van der Waals surface area contributed by atoms with Gasteiger partial charge in [0.15, 0.2) is 0 Å². The smallest absolute Gasteiger partial charge is 0.251 e. The first kappa shape index (κ1) is 14.5. The van der Waals surface area contributed by atoms with Crippen molar-refractivity contribution in [1.29, 1.82) is 0 Å². The van der Waals surface area contributed by atoms with Crippen molar-refractivity contribution in [3.63, 3.8) is 0 Å². The minimum atomic E-state index is -0.298. The third kappa shape index (κ3) is 2.99. The number of carbonyl (C=O) groups is 1. The molecular weight excluding hydrogens is 310 g/mol. The summed E-state index contributed by atoms with van der Waals surface area (Å²) in [5.41, 5.74) is 2.33. The van der Waals surface area contributed by atoms with E-state index in [9.17, 15) is 9.90 Å². The highest BCUT2D eigenvalue weighted by atomic mass is 79.9. The molecule has 1 aromatic rings. The highest BCUT2D eigenvalue weighted by molar-refractivity contribution is 9.10. The second kappa shape index (κ2) is 5.61. The second-order valence-corrected chi connectivity index (χ2v) is 6.10. The molecule has 104 valence electrons. The second-order valence-electron chi connectivity index (χ2n) is 5.25. The van der Waals surface area contributed by atoms with Crippen LogP contribution in [-0.4, -0.2) is 37.4 Å². The summed E-state index contributed by atoms with van der Waals surface area (Å²) in [5, 5.41) is 12.2. The van der Waals surface area contributed by atoms with Crippen LogP contribution in [0.3, 0.4) is 0 Å². The molecule has 1 saturated heterocycles. The molecule has 0 unspecified atom stereocenters. The standard InChI is InChI=1S/C14H18BrNO3/c1-9-4-12(15)10(2)3-11(9)13(18)16-5-14(6-17)7-19-8-14/h3-4,17H,5-8H2,1-2H3,(H,16,18). The maximum atomic E-state index is 12.2. The maximum absolute atomic E-state index is 12.2. The molecule has 0 spiro atoms. The predicted octanol–water partition coefficient (Wildman–Crippen LogP) is 1.80. The number of nitrogens with one attached hydrogen (secondary N) is 1. The summed E-state index contributed by atoms with van der Waals surface area (Å²) in [6.07, 6.45) is 0. The van der Waals surface area contributed by atoms with E-state index >= 15 is 0 Å². The zero-order valence-electron chi connectivity index (χ0n) is 11.1. The number of rotatable bonds is 4. The lowest BCUT2D eigenvalue weighted by Gasteiger charge is -2.39. The Morgan fingerprint density at radius 2 is 2.11 bits per heavy atom. The average Bonchev–Trinajstić information content (AvgIpc) is 2.32. The van der Waals surface area contributed by atoms with E-state index in [4.69, 9.17) is 4.74 Å². The van der Waals surface area contributed by atoms with E-state index in [0.717, 1.165) is 15.6 Å². The lowest BCUT2D eigenvalue weighted by Crippen LogP contribution is -2.53. The summed E-state index contributed by atoms with van der Waals surface area (Å²) in [6, 6.07) is 3.82. The van der Waals surface area contributed by atoms with E-state index in [1.54, 1.807) is 0 Å². The SMILES string of the molecule is Cc1cc(C(=O)NCC2(CO)COC2)c(C)cc1Br. The number of hydrogen-bond acceptors (Lipinski definition) is 3. The molecule has 0 aliphatic carbocycles. The van der Waals surface area contributed by atoms with Crippen molar-refractivity contribution >= 4 is 21.8 Å². The van der Waals surface area contributed by atoms with Crippen LogP contribution in [0.25, 0.3) is 0 Å². The van der Waals surface area contributed by atoms with Gasteiger partial charge in [0.25, 0.3) is 5.91 Å². The number of carbonyl (C=O) groups excluding carboxylic acids is 1. The van der Waals surface area contributed by atoms with Crippen LogP contribution in [0.15, 0.2) is 16.6 Å². The van der Waals surface area contributed by atoms with Crippen LogP contribution >= 0.6 is 15.9 Å². The van der Waals surface area contributed by atoms with Gasteiger partial charge in [0.2, 0.25) is 0 Å². The van der Waals surface area contributed by atoms with E-state index < -0.39 is 0 Å². The number of halogens is 1. The van der Waals surface area contributed by atoms with Gasteiger partial charge >= 0.3 is 0 Å². The first-order valence-electron chi connectivity index (χ1n) is 6.21. The first-order valence-corrected chi connectivity index (χ1v) is 7.00. The van der Waals surface area contributed by atoms with E-state index in [1.807, 2.05) is 26.0 Å². The van der Waals surface area contributed by atoms with Gasteiger partial charge in [-0.2, -0.15) is 0 Å². The molecule has 5 heteroatoms. The van der Waals surface area contributed by atoms with Gasteiger partial charge in [0, 0.05) is 16.6 Å². The van der Waals surface area contributed by atoms with E-state index in [1.165, 1.54) is 0 Å². The van der Waals surface area contributed by atoms with Crippen LogP contribution in [0.5, 0.6) is 0 Å². The number of ether oxygens (including phenoxy) is 1. The molecule has 0 atom stereocenters. The topological polar surface area (TPSA) is 58.6 Å². The molecule has 2 N–H and O–H groups in total. The van der Waals surface area contributed by atoms with Crippen LogP contribution in [0.1, 0.15) is 21.5 Å². The Balaban J connectivity index is 2.06. The summed E-state index contributed by atoms with van der Waals surface area (Å²) in [4.78, 5) is 12.2. The Kier molecular flexibility index (Phi) is 4.28. The van der Waals surface area contributed by atoms with E-state index in [0.29, 0.717) is 25.3 Å². The lowest BCUT2D eigenvalue weighted by molar-refractivity contribution is -0.133. The van der Waals surface area contributed by atoms with Crippen LogP contribution in [0, 0.1) is 19.3 Å². The first-order chi connectivity index (χ1) is 8.97. The summed E-state index contributed by atoms with van der Waals surface area (Å²) >= 11 is 3.45. The Hall–Kier alpha value is -0.910.